The highest BCUT2D eigenvalue weighted by Crippen LogP contribution is 2.16. The lowest BCUT2D eigenvalue weighted by Gasteiger charge is -2.17. The van der Waals surface area contributed by atoms with Gasteiger partial charge >= 0.3 is 12.0 Å². The number of aryl methyl sites for hydroxylation is 1. The molecule has 2 N–H and O–H groups in total. The van der Waals surface area contributed by atoms with Crippen molar-refractivity contribution < 1.29 is 14.7 Å². The molecule has 0 unspecified atom stereocenters. The average molecular weight is 305 g/mol. The van der Waals surface area contributed by atoms with Gasteiger partial charge in [0.2, 0.25) is 0 Å². The van der Waals surface area contributed by atoms with Crippen LogP contribution in [0.3, 0.4) is 0 Å². The third-order valence-electron chi connectivity index (χ3n) is 2.81. The van der Waals surface area contributed by atoms with Crippen molar-refractivity contribution in [1.29, 1.82) is 0 Å². The summed E-state index contributed by atoms with van der Waals surface area (Å²) in [7, 11) is 1.63. The summed E-state index contributed by atoms with van der Waals surface area (Å²) in [5.41, 5.74) is 1.14. The number of rotatable bonds is 4. The number of nitrogens with one attached hydrogen (secondary N) is 1. The van der Waals surface area contributed by atoms with E-state index in [1.165, 1.54) is 22.3 Å². The molecule has 0 aliphatic rings. The standard InChI is InChI=1S/C14H15N3O3S/c1-9-15-10(8-21-9)7-17(2)14(20)16-12-6-4-3-5-11(12)13(18)19/h3-6,8H,7H2,1-2H3,(H,16,20)(H,18,19). The van der Waals surface area contributed by atoms with Gasteiger partial charge in [-0.3, -0.25) is 0 Å². The van der Waals surface area contributed by atoms with Crippen LogP contribution in [0.4, 0.5) is 10.5 Å². The molecule has 21 heavy (non-hydrogen) atoms. The first-order chi connectivity index (χ1) is 9.97. The first-order valence-corrected chi connectivity index (χ1v) is 7.11. The van der Waals surface area contributed by atoms with Crippen molar-refractivity contribution in [2.45, 2.75) is 13.5 Å². The highest BCUT2D eigenvalue weighted by molar-refractivity contribution is 7.09. The highest BCUT2D eigenvalue weighted by atomic mass is 32.1. The monoisotopic (exact) mass is 305 g/mol. The Kier molecular flexibility index (Phi) is 4.54. The molecule has 0 aliphatic heterocycles. The van der Waals surface area contributed by atoms with Crippen molar-refractivity contribution in [2.24, 2.45) is 0 Å². The number of hydrogen-bond acceptors (Lipinski definition) is 4. The molecule has 0 saturated heterocycles. The molecule has 110 valence electrons. The summed E-state index contributed by atoms with van der Waals surface area (Å²) in [5.74, 6) is -1.08. The van der Waals surface area contributed by atoms with Crippen LogP contribution in [0.1, 0.15) is 21.1 Å². The highest BCUT2D eigenvalue weighted by Gasteiger charge is 2.15. The number of amides is 2. The number of nitrogens with zero attached hydrogens (tertiary/aromatic N) is 2. The van der Waals surface area contributed by atoms with Gasteiger partial charge in [0.1, 0.15) is 0 Å². The predicted molar refractivity (Wildman–Crippen MR) is 80.7 cm³/mol. The molecular formula is C14H15N3O3S. The summed E-state index contributed by atoms with van der Waals surface area (Å²) < 4.78 is 0. The van der Waals surface area contributed by atoms with Crippen LogP contribution in [0.2, 0.25) is 0 Å². The number of carboxylic acids is 1. The van der Waals surface area contributed by atoms with Crippen molar-refractivity contribution in [1.82, 2.24) is 9.88 Å². The van der Waals surface area contributed by atoms with E-state index in [0.717, 1.165) is 10.7 Å². The summed E-state index contributed by atoms with van der Waals surface area (Å²) in [5, 5.41) is 14.5. The van der Waals surface area contributed by atoms with E-state index in [-0.39, 0.29) is 17.3 Å². The van der Waals surface area contributed by atoms with Crippen LogP contribution in [-0.4, -0.2) is 34.0 Å². The lowest BCUT2D eigenvalue weighted by Crippen LogP contribution is -2.31. The number of anilines is 1. The van der Waals surface area contributed by atoms with Crippen LogP contribution in [0, 0.1) is 6.92 Å². The SMILES string of the molecule is Cc1nc(CN(C)C(=O)Nc2ccccc2C(=O)O)cs1. The van der Waals surface area contributed by atoms with Crippen LogP contribution in [0.15, 0.2) is 29.6 Å². The molecule has 0 bridgehead atoms. The number of benzene rings is 1. The molecule has 2 aromatic rings. The summed E-state index contributed by atoms with van der Waals surface area (Å²) in [4.78, 5) is 28.9. The number of aromatic nitrogens is 1. The molecule has 1 aromatic heterocycles. The summed E-state index contributed by atoms with van der Waals surface area (Å²) in [6.07, 6.45) is 0. The summed E-state index contributed by atoms with van der Waals surface area (Å²) in [6, 6.07) is 5.91. The third kappa shape index (κ3) is 3.79. The third-order valence-corrected chi connectivity index (χ3v) is 3.63. The van der Waals surface area contributed by atoms with Crippen molar-refractivity contribution in [3.05, 3.63) is 45.9 Å². The van der Waals surface area contributed by atoms with E-state index in [1.54, 1.807) is 25.2 Å². The number of para-hydroxylation sites is 1. The Bertz CT molecular complexity index is 669. The first-order valence-electron chi connectivity index (χ1n) is 6.23. The zero-order valence-electron chi connectivity index (χ0n) is 11.7. The Morgan fingerprint density at radius 2 is 2.10 bits per heavy atom. The molecule has 2 amide bonds. The molecule has 0 radical (unpaired) electrons. The lowest BCUT2D eigenvalue weighted by molar-refractivity contribution is 0.0698. The van der Waals surface area contributed by atoms with E-state index in [9.17, 15) is 9.59 Å². The van der Waals surface area contributed by atoms with Gasteiger partial charge in [-0.25, -0.2) is 14.6 Å². The van der Waals surface area contributed by atoms with Gasteiger partial charge in [0, 0.05) is 12.4 Å². The normalized spacial score (nSPS) is 10.2. The molecule has 0 spiro atoms. The van der Waals surface area contributed by atoms with Gasteiger partial charge in [-0.1, -0.05) is 12.1 Å². The molecule has 2 rings (SSSR count). The van der Waals surface area contributed by atoms with Crippen LogP contribution in [0.5, 0.6) is 0 Å². The fourth-order valence-electron chi connectivity index (χ4n) is 1.78. The molecule has 0 aliphatic carbocycles. The number of hydrogen-bond donors (Lipinski definition) is 2. The predicted octanol–water partition coefficient (Wildman–Crippen LogP) is 2.81. The minimum absolute atomic E-state index is 0.0590. The van der Waals surface area contributed by atoms with Gasteiger partial charge < -0.3 is 15.3 Å². The Morgan fingerprint density at radius 1 is 1.38 bits per heavy atom. The van der Waals surface area contributed by atoms with Gasteiger partial charge in [-0.2, -0.15) is 0 Å². The molecule has 1 aromatic carbocycles. The van der Waals surface area contributed by atoms with Crippen molar-refractivity contribution in [3.8, 4) is 0 Å². The molecular weight excluding hydrogens is 290 g/mol. The lowest BCUT2D eigenvalue weighted by atomic mass is 10.2. The maximum absolute atomic E-state index is 12.1. The second-order valence-corrected chi connectivity index (χ2v) is 5.56. The first kappa shape index (κ1) is 15.0. The van der Waals surface area contributed by atoms with E-state index in [0.29, 0.717) is 6.54 Å². The number of thiazole rings is 1. The average Bonchev–Trinajstić information content (AvgIpc) is 2.84. The summed E-state index contributed by atoms with van der Waals surface area (Å²) >= 11 is 1.52. The van der Waals surface area contributed by atoms with Crippen molar-refractivity contribution in [3.63, 3.8) is 0 Å². The second-order valence-electron chi connectivity index (χ2n) is 4.49. The minimum Gasteiger partial charge on any atom is -0.478 e. The Labute approximate surface area is 126 Å². The summed E-state index contributed by atoms with van der Waals surface area (Å²) in [6.45, 7) is 2.27. The van der Waals surface area contributed by atoms with Gasteiger partial charge in [0.05, 0.1) is 28.5 Å². The van der Waals surface area contributed by atoms with Crippen LogP contribution in [-0.2, 0) is 6.54 Å². The van der Waals surface area contributed by atoms with Crippen molar-refractivity contribution >= 4 is 29.0 Å². The fraction of sp³-hybridized carbons (Fsp3) is 0.214. The number of carboxylic acid groups (broad SMARTS) is 1. The molecule has 7 heteroatoms. The zero-order valence-corrected chi connectivity index (χ0v) is 12.5. The van der Waals surface area contributed by atoms with Gasteiger partial charge in [0.25, 0.3) is 0 Å². The number of urea groups is 1. The van der Waals surface area contributed by atoms with E-state index < -0.39 is 5.97 Å². The van der Waals surface area contributed by atoms with Crippen LogP contribution >= 0.6 is 11.3 Å². The van der Waals surface area contributed by atoms with Gasteiger partial charge in [-0.05, 0) is 19.1 Å². The maximum Gasteiger partial charge on any atom is 0.337 e. The van der Waals surface area contributed by atoms with E-state index in [1.807, 2.05) is 12.3 Å². The smallest absolute Gasteiger partial charge is 0.337 e. The molecule has 0 fully saturated rings. The van der Waals surface area contributed by atoms with Gasteiger partial charge in [-0.15, -0.1) is 11.3 Å². The quantitative estimate of drug-likeness (QED) is 0.910. The largest absolute Gasteiger partial charge is 0.478 e. The van der Waals surface area contributed by atoms with E-state index >= 15 is 0 Å². The van der Waals surface area contributed by atoms with Gasteiger partial charge in [0.15, 0.2) is 0 Å². The number of carbonyl (C=O) groups is 2. The Hall–Kier alpha value is -2.41. The van der Waals surface area contributed by atoms with E-state index in [4.69, 9.17) is 5.11 Å². The van der Waals surface area contributed by atoms with Crippen LogP contribution in [0.25, 0.3) is 0 Å². The molecule has 0 saturated carbocycles. The zero-order chi connectivity index (χ0) is 15.4. The second kappa shape index (κ2) is 6.36. The number of aromatic carboxylic acids is 1. The molecule has 6 nitrogen and oxygen atoms in total. The topological polar surface area (TPSA) is 82.5 Å². The van der Waals surface area contributed by atoms with E-state index in [2.05, 4.69) is 10.3 Å². The van der Waals surface area contributed by atoms with Crippen LogP contribution < -0.4 is 5.32 Å². The molecule has 1 heterocycles. The minimum atomic E-state index is -1.08. The fourth-order valence-corrected chi connectivity index (χ4v) is 2.39. The maximum atomic E-state index is 12.1. The number of carbonyl (C=O) groups excluding carboxylic acids is 1. The Balaban J connectivity index is 2.05. The molecule has 0 atom stereocenters. The Morgan fingerprint density at radius 3 is 2.71 bits per heavy atom. The van der Waals surface area contributed by atoms with Crippen molar-refractivity contribution in [2.75, 3.05) is 12.4 Å².